The molecule has 2 rings (SSSR count). The maximum atomic E-state index is 11.6. The van der Waals surface area contributed by atoms with Crippen LogP contribution in [0.4, 0.5) is 0 Å². The molecule has 86 valence electrons. The molecule has 0 spiro atoms. The number of rotatable bonds is 4. The predicted molar refractivity (Wildman–Crippen MR) is 62.3 cm³/mol. The molecule has 1 aliphatic carbocycles. The Labute approximate surface area is 99.2 Å². The second-order valence-corrected chi connectivity index (χ2v) is 4.51. The first-order valence-electron chi connectivity index (χ1n) is 5.32. The number of nitrogens with one attached hydrogen (secondary N) is 1. The van der Waals surface area contributed by atoms with Crippen LogP contribution in [0.2, 0.25) is 5.02 Å². The van der Waals surface area contributed by atoms with Gasteiger partial charge in [-0.05, 0) is 30.9 Å². The lowest BCUT2D eigenvalue weighted by molar-refractivity contribution is 0.0945. The number of carbonyl (C=O) groups is 1. The number of nitrogens with zero attached hydrogens (tertiary/aromatic N) is 1. The Hall–Kier alpha value is -1.13. The molecule has 0 saturated heterocycles. The minimum Gasteiger partial charge on any atom is -0.349 e. The van der Waals surface area contributed by atoms with Gasteiger partial charge in [0.25, 0.3) is 5.91 Å². The summed E-state index contributed by atoms with van der Waals surface area (Å²) in [6, 6.07) is 3.31. The van der Waals surface area contributed by atoms with Crippen molar-refractivity contribution in [1.82, 2.24) is 10.3 Å². The van der Waals surface area contributed by atoms with Crippen LogP contribution >= 0.6 is 11.6 Å². The molecule has 0 bridgehead atoms. The fourth-order valence-corrected chi connectivity index (χ4v) is 1.61. The molecule has 0 aliphatic heterocycles. The van der Waals surface area contributed by atoms with Crippen molar-refractivity contribution in [2.45, 2.75) is 18.9 Å². The fraction of sp³-hybridized carbons (Fsp3) is 0.455. The summed E-state index contributed by atoms with van der Waals surface area (Å²) >= 11 is 5.68. The minimum absolute atomic E-state index is 0.0660. The number of halogens is 1. The molecule has 1 saturated carbocycles. The molecular formula is C11H14ClN3O. The van der Waals surface area contributed by atoms with Crippen molar-refractivity contribution in [3.63, 3.8) is 0 Å². The van der Waals surface area contributed by atoms with Crippen molar-refractivity contribution < 1.29 is 4.79 Å². The zero-order valence-corrected chi connectivity index (χ0v) is 9.57. The van der Waals surface area contributed by atoms with Crippen LogP contribution < -0.4 is 11.1 Å². The highest BCUT2D eigenvalue weighted by molar-refractivity contribution is 6.30. The number of amides is 1. The van der Waals surface area contributed by atoms with Crippen LogP contribution in [-0.2, 0) is 0 Å². The smallest absolute Gasteiger partial charge is 0.269 e. The van der Waals surface area contributed by atoms with E-state index in [0.717, 1.165) is 0 Å². The molecule has 1 amide bonds. The third-order valence-corrected chi connectivity index (χ3v) is 2.91. The number of pyridine rings is 1. The molecule has 0 radical (unpaired) electrons. The van der Waals surface area contributed by atoms with Crippen LogP contribution in [0.3, 0.4) is 0 Å². The van der Waals surface area contributed by atoms with E-state index in [0.29, 0.717) is 23.2 Å². The summed E-state index contributed by atoms with van der Waals surface area (Å²) in [6.45, 7) is 0.508. The normalized spacial score (nSPS) is 16.9. The minimum atomic E-state index is -0.201. The van der Waals surface area contributed by atoms with Gasteiger partial charge in [-0.1, -0.05) is 11.6 Å². The highest BCUT2D eigenvalue weighted by Crippen LogP contribution is 2.31. The fourth-order valence-electron chi connectivity index (χ4n) is 1.50. The molecule has 1 heterocycles. The Morgan fingerprint density at radius 1 is 1.62 bits per heavy atom. The van der Waals surface area contributed by atoms with Crippen LogP contribution in [-0.4, -0.2) is 23.5 Å². The number of hydrogen-bond acceptors (Lipinski definition) is 3. The van der Waals surface area contributed by atoms with Gasteiger partial charge in [0.2, 0.25) is 0 Å². The summed E-state index contributed by atoms with van der Waals surface area (Å²) in [6.07, 6.45) is 3.81. The van der Waals surface area contributed by atoms with Crippen LogP contribution in [0, 0.1) is 5.92 Å². The summed E-state index contributed by atoms with van der Waals surface area (Å²) in [4.78, 5) is 15.6. The van der Waals surface area contributed by atoms with Crippen LogP contribution in [0.15, 0.2) is 18.3 Å². The van der Waals surface area contributed by atoms with Gasteiger partial charge in [-0.25, -0.2) is 4.98 Å². The van der Waals surface area contributed by atoms with Crippen molar-refractivity contribution in [1.29, 1.82) is 0 Å². The van der Waals surface area contributed by atoms with Gasteiger partial charge in [0.1, 0.15) is 5.69 Å². The van der Waals surface area contributed by atoms with Crippen molar-refractivity contribution in [3.05, 3.63) is 29.0 Å². The summed E-state index contributed by atoms with van der Waals surface area (Å²) < 4.78 is 0. The Kier molecular flexibility index (Phi) is 3.41. The van der Waals surface area contributed by atoms with Gasteiger partial charge in [0.05, 0.1) is 5.02 Å². The molecule has 1 fully saturated rings. The van der Waals surface area contributed by atoms with Gasteiger partial charge in [0.15, 0.2) is 0 Å². The number of aromatic nitrogens is 1. The van der Waals surface area contributed by atoms with E-state index in [-0.39, 0.29) is 11.9 Å². The van der Waals surface area contributed by atoms with Gasteiger partial charge in [0, 0.05) is 18.8 Å². The molecule has 1 aliphatic rings. The first-order chi connectivity index (χ1) is 7.66. The summed E-state index contributed by atoms with van der Waals surface area (Å²) in [7, 11) is 0. The maximum Gasteiger partial charge on any atom is 0.269 e. The van der Waals surface area contributed by atoms with Gasteiger partial charge in [-0.3, -0.25) is 4.79 Å². The molecule has 5 heteroatoms. The molecule has 1 unspecified atom stereocenters. The molecular weight excluding hydrogens is 226 g/mol. The molecule has 1 aromatic rings. The highest BCUT2D eigenvalue weighted by Gasteiger charge is 2.28. The Balaban J connectivity index is 1.85. The van der Waals surface area contributed by atoms with E-state index in [1.807, 2.05) is 0 Å². The lowest BCUT2D eigenvalue weighted by Gasteiger charge is -2.10. The zero-order chi connectivity index (χ0) is 11.5. The highest BCUT2D eigenvalue weighted by atomic mass is 35.5. The van der Waals surface area contributed by atoms with E-state index in [1.165, 1.54) is 19.0 Å². The van der Waals surface area contributed by atoms with Crippen molar-refractivity contribution >= 4 is 17.5 Å². The topological polar surface area (TPSA) is 68.0 Å². The molecule has 16 heavy (non-hydrogen) atoms. The monoisotopic (exact) mass is 239 g/mol. The predicted octanol–water partition coefficient (Wildman–Crippen LogP) is 1.20. The third kappa shape index (κ3) is 2.93. The lowest BCUT2D eigenvalue weighted by atomic mass is 10.2. The van der Waals surface area contributed by atoms with Crippen molar-refractivity contribution in [2.75, 3.05) is 6.54 Å². The Morgan fingerprint density at radius 2 is 2.38 bits per heavy atom. The molecule has 0 aromatic carbocycles. The average Bonchev–Trinajstić information content (AvgIpc) is 3.10. The first-order valence-corrected chi connectivity index (χ1v) is 5.70. The largest absolute Gasteiger partial charge is 0.349 e. The first kappa shape index (κ1) is 11.4. The third-order valence-electron chi connectivity index (χ3n) is 2.69. The Bertz CT molecular complexity index is 375. The van der Waals surface area contributed by atoms with Crippen LogP contribution in [0.1, 0.15) is 23.3 Å². The second kappa shape index (κ2) is 4.80. The maximum absolute atomic E-state index is 11.6. The van der Waals surface area contributed by atoms with Gasteiger partial charge >= 0.3 is 0 Å². The number of nitrogens with two attached hydrogens (primary N) is 1. The van der Waals surface area contributed by atoms with Gasteiger partial charge < -0.3 is 11.1 Å². The standard InChI is InChI=1S/C11H14ClN3O/c12-8-3-4-10(14-5-8)11(16)15-6-9(13)7-1-2-7/h3-5,7,9H,1-2,6,13H2,(H,15,16). The Morgan fingerprint density at radius 3 is 2.94 bits per heavy atom. The summed E-state index contributed by atoms with van der Waals surface area (Å²) in [5.74, 6) is 0.381. The molecule has 1 atom stereocenters. The SMILES string of the molecule is NC(CNC(=O)c1ccc(Cl)cn1)C1CC1. The van der Waals surface area contributed by atoms with E-state index < -0.39 is 0 Å². The zero-order valence-electron chi connectivity index (χ0n) is 8.82. The van der Waals surface area contributed by atoms with Gasteiger partial charge in [-0.15, -0.1) is 0 Å². The lowest BCUT2D eigenvalue weighted by Crippen LogP contribution is -2.38. The van der Waals surface area contributed by atoms with E-state index >= 15 is 0 Å². The van der Waals surface area contributed by atoms with Crippen LogP contribution in [0.25, 0.3) is 0 Å². The van der Waals surface area contributed by atoms with E-state index in [4.69, 9.17) is 17.3 Å². The number of carbonyl (C=O) groups excluding carboxylic acids is 1. The molecule has 4 nitrogen and oxygen atoms in total. The second-order valence-electron chi connectivity index (χ2n) is 4.07. The van der Waals surface area contributed by atoms with E-state index in [1.54, 1.807) is 12.1 Å². The van der Waals surface area contributed by atoms with Gasteiger partial charge in [-0.2, -0.15) is 0 Å². The average molecular weight is 240 g/mol. The number of hydrogen-bond donors (Lipinski definition) is 2. The quantitative estimate of drug-likeness (QED) is 0.830. The van der Waals surface area contributed by atoms with E-state index in [2.05, 4.69) is 10.3 Å². The van der Waals surface area contributed by atoms with Crippen molar-refractivity contribution in [2.24, 2.45) is 11.7 Å². The van der Waals surface area contributed by atoms with Crippen LogP contribution in [0.5, 0.6) is 0 Å². The summed E-state index contributed by atoms with van der Waals surface area (Å²) in [5, 5.41) is 3.29. The molecule has 1 aromatic heterocycles. The molecule has 3 N–H and O–H groups in total. The van der Waals surface area contributed by atoms with Crippen molar-refractivity contribution in [3.8, 4) is 0 Å². The van der Waals surface area contributed by atoms with E-state index in [9.17, 15) is 4.79 Å². The summed E-state index contributed by atoms with van der Waals surface area (Å²) in [5.41, 5.74) is 6.24.